The average Bonchev–Trinajstić information content (AvgIpc) is 2.28. The summed E-state index contributed by atoms with van der Waals surface area (Å²) in [5.41, 5.74) is 0.00751. The summed E-state index contributed by atoms with van der Waals surface area (Å²) in [6.07, 6.45) is 6.11. The fourth-order valence-corrected chi connectivity index (χ4v) is 2.92. The molecule has 0 radical (unpaired) electrons. The molecule has 1 aliphatic rings. The molecule has 1 aromatic heterocycles. The predicted octanol–water partition coefficient (Wildman–Crippen LogP) is 3.64. The van der Waals surface area contributed by atoms with Crippen molar-refractivity contribution in [2.24, 2.45) is 11.3 Å². The van der Waals surface area contributed by atoms with Gasteiger partial charge in [0.15, 0.2) is 0 Å². The number of hydrogen-bond acceptors (Lipinski definition) is 2. The maximum atomic E-state index is 13.2. The number of aliphatic hydroxyl groups is 1. The van der Waals surface area contributed by atoms with Crippen molar-refractivity contribution in [1.29, 1.82) is 0 Å². The Balaban J connectivity index is 2.12. The summed E-state index contributed by atoms with van der Waals surface area (Å²) in [4.78, 5) is 3.84. The predicted molar refractivity (Wildman–Crippen MR) is 69.5 cm³/mol. The number of halogens is 1. The Hall–Kier alpha value is -0.960. The fraction of sp³-hybridized carbons (Fsp3) is 0.667. The minimum atomic E-state index is -0.892. The van der Waals surface area contributed by atoms with Crippen LogP contribution in [0.3, 0.4) is 0 Å². The van der Waals surface area contributed by atoms with Crippen LogP contribution in [0.2, 0.25) is 0 Å². The molecule has 0 atom stereocenters. The average molecular weight is 251 g/mol. The molecule has 2 nitrogen and oxygen atoms in total. The van der Waals surface area contributed by atoms with Crippen LogP contribution in [0.15, 0.2) is 18.5 Å². The molecule has 100 valence electrons. The highest BCUT2D eigenvalue weighted by atomic mass is 19.1. The molecule has 18 heavy (non-hydrogen) atoms. The Kier molecular flexibility index (Phi) is 3.45. The van der Waals surface area contributed by atoms with E-state index in [0.717, 1.165) is 12.8 Å². The molecular formula is C15H22FNO. The molecule has 1 fully saturated rings. The molecule has 0 aliphatic heterocycles. The minimum Gasteiger partial charge on any atom is -0.385 e. The third-order valence-electron chi connectivity index (χ3n) is 4.28. The number of pyridine rings is 1. The summed E-state index contributed by atoms with van der Waals surface area (Å²) >= 11 is 0. The third-order valence-corrected chi connectivity index (χ3v) is 4.28. The van der Waals surface area contributed by atoms with Crippen molar-refractivity contribution in [1.82, 2.24) is 4.98 Å². The molecule has 1 saturated carbocycles. The molecule has 3 heteroatoms. The van der Waals surface area contributed by atoms with Gasteiger partial charge in [0, 0.05) is 11.8 Å². The third kappa shape index (κ3) is 2.72. The Bertz CT molecular complexity index is 417. The van der Waals surface area contributed by atoms with Crippen LogP contribution in [0.25, 0.3) is 0 Å². The zero-order valence-corrected chi connectivity index (χ0v) is 11.4. The largest absolute Gasteiger partial charge is 0.385 e. The van der Waals surface area contributed by atoms with Crippen molar-refractivity contribution in [3.8, 4) is 0 Å². The molecule has 1 aliphatic carbocycles. The summed E-state index contributed by atoms with van der Waals surface area (Å²) in [5.74, 6) is 0.248. The van der Waals surface area contributed by atoms with Crippen molar-refractivity contribution in [3.63, 3.8) is 0 Å². The van der Waals surface area contributed by atoms with Gasteiger partial charge in [0.05, 0.1) is 11.8 Å². The maximum absolute atomic E-state index is 13.2. The van der Waals surface area contributed by atoms with Gasteiger partial charge in [0.25, 0.3) is 0 Å². The van der Waals surface area contributed by atoms with Crippen molar-refractivity contribution in [2.75, 3.05) is 0 Å². The summed E-state index contributed by atoms with van der Waals surface area (Å²) in [5, 5.41) is 10.6. The van der Waals surface area contributed by atoms with Crippen LogP contribution in [0, 0.1) is 17.2 Å². The summed E-state index contributed by atoms with van der Waals surface area (Å²) < 4.78 is 13.2. The van der Waals surface area contributed by atoms with Crippen LogP contribution in [-0.2, 0) is 5.60 Å². The van der Waals surface area contributed by atoms with E-state index in [1.54, 1.807) is 6.20 Å². The summed E-state index contributed by atoms with van der Waals surface area (Å²) in [6.45, 7) is 6.73. The molecule has 0 unspecified atom stereocenters. The molecule has 0 aromatic carbocycles. The lowest BCUT2D eigenvalue weighted by Crippen LogP contribution is -2.35. The van der Waals surface area contributed by atoms with E-state index in [9.17, 15) is 9.50 Å². The molecule has 0 saturated heterocycles. The van der Waals surface area contributed by atoms with Crippen LogP contribution >= 0.6 is 0 Å². The lowest BCUT2D eigenvalue weighted by atomic mass is 9.67. The van der Waals surface area contributed by atoms with Crippen LogP contribution < -0.4 is 0 Å². The van der Waals surface area contributed by atoms with Gasteiger partial charge in [-0.25, -0.2) is 4.39 Å². The topological polar surface area (TPSA) is 33.1 Å². The highest BCUT2D eigenvalue weighted by Gasteiger charge is 2.38. The molecule has 1 aromatic rings. The van der Waals surface area contributed by atoms with Gasteiger partial charge in [-0.15, -0.1) is 0 Å². The van der Waals surface area contributed by atoms with E-state index in [-0.39, 0.29) is 11.2 Å². The van der Waals surface area contributed by atoms with Crippen molar-refractivity contribution in [2.45, 2.75) is 52.1 Å². The highest BCUT2D eigenvalue weighted by molar-refractivity contribution is 5.19. The molecular weight excluding hydrogens is 229 g/mol. The number of hydrogen-bond donors (Lipinski definition) is 1. The Morgan fingerprint density at radius 3 is 2.39 bits per heavy atom. The number of rotatable bonds is 1. The Labute approximate surface area is 108 Å². The van der Waals surface area contributed by atoms with E-state index < -0.39 is 5.60 Å². The van der Waals surface area contributed by atoms with E-state index in [1.807, 2.05) is 0 Å². The first-order valence-electron chi connectivity index (χ1n) is 6.65. The highest BCUT2D eigenvalue weighted by Crippen LogP contribution is 2.45. The van der Waals surface area contributed by atoms with Crippen molar-refractivity contribution >= 4 is 0 Å². The SMILES string of the molecule is CC(C)(C)C1CCC(O)(c2cncc(F)c2)CC1. The second kappa shape index (κ2) is 4.61. The zero-order valence-electron chi connectivity index (χ0n) is 11.4. The van der Waals surface area contributed by atoms with Gasteiger partial charge in [0.1, 0.15) is 5.82 Å². The first-order valence-corrected chi connectivity index (χ1v) is 6.65. The van der Waals surface area contributed by atoms with E-state index >= 15 is 0 Å². The van der Waals surface area contributed by atoms with Crippen LogP contribution in [0.1, 0.15) is 52.0 Å². The van der Waals surface area contributed by atoms with Crippen molar-refractivity contribution in [3.05, 3.63) is 29.8 Å². The fourth-order valence-electron chi connectivity index (χ4n) is 2.92. The van der Waals surface area contributed by atoms with Gasteiger partial charge >= 0.3 is 0 Å². The number of aromatic nitrogens is 1. The molecule has 1 heterocycles. The van der Waals surface area contributed by atoms with Gasteiger partial charge in [-0.05, 0) is 43.1 Å². The monoisotopic (exact) mass is 251 g/mol. The molecule has 0 amide bonds. The maximum Gasteiger partial charge on any atom is 0.141 e. The standard InChI is InChI=1S/C15H22FNO/c1-14(2,3)11-4-6-15(18,7-5-11)12-8-13(16)10-17-9-12/h8-11,18H,4-7H2,1-3H3. The first-order chi connectivity index (χ1) is 8.31. The lowest BCUT2D eigenvalue weighted by Gasteiger charge is -2.41. The summed E-state index contributed by atoms with van der Waals surface area (Å²) in [6, 6.07) is 1.41. The van der Waals surface area contributed by atoms with Gasteiger partial charge in [0.2, 0.25) is 0 Å². The van der Waals surface area contributed by atoms with E-state index in [2.05, 4.69) is 25.8 Å². The normalized spacial score (nSPS) is 29.3. The smallest absolute Gasteiger partial charge is 0.141 e. The van der Waals surface area contributed by atoms with Crippen LogP contribution in [0.5, 0.6) is 0 Å². The van der Waals surface area contributed by atoms with Gasteiger partial charge in [-0.2, -0.15) is 0 Å². The Morgan fingerprint density at radius 2 is 1.89 bits per heavy atom. The summed E-state index contributed by atoms with van der Waals surface area (Å²) in [7, 11) is 0. The second-order valence-electron chi connectivity index (χ2n) is 6.56. The van der Waals surface area contributed by atoms with Gasteiger partial charge in [-0.3, -0.25) is 4.98 Å². The van der Waals surface area contributed by atoms with Crippen LogP contribution in [-0.4, -0.2) is 10.1 Å². The number of nitrogens with zero attached hydrogens (tertiary/aromatic N) is 1. The lowest BCUT2D eigenvalue weighted by molar-refractivity contribution is -0.0302. The quantitative estimate of drug-likeness (QED) is 0.826. The molecule has 0 spiro atoms. The molecule has 1 N–H and O–H groups in total. The van der Waals surface area contributed by atoms with Gasteiger partial charge < -0.3 is 5.11 Å². The van der Waals surface area contributed by atoms with E-state index in [4.69, 9.17) is 0 Å². The van der Waals surface area contributed by atoms with E-state index in [1.165, 1.54) is 12.3 Å². The first kappa shape index (κ1) is 13.5. The van der Waals surface area contributed by atoms with Crippen molar-refractivity contribution < 1.29 is 9.50 Å². The minimum absolute atomic E-state index is 0.279. The molecule has 2 rings (SSSR count). The zero-order chi connectivity index (χ0) is 13.4. The van der Waals surface area contributed by atoms with E-state index in [0.29, 0.717) is 24.3 Å². The van der Waals surface area contributed by atoms with Gasteiger partial charge in [-0.1, -0.05) is 20.8 Å². The Morgan fingerprint density at radius 1 is 1.28 bits per heavy atom. The van der Waals surface area contributed by atoms with Crippen LogP contribution in [0.4, 0.5) is 4.39 Å². The second-order valence-corrected chi connectivity index (χ2v) is 6.56. The molecule has 0 bridgehead atoms.